The Kier molecular flexibility index (Phi) is 4.31. The molecule has 1 aliphatic heterocycles. The molecule has 0 saturated carbocycles. The van der Waals surface area contributed by atoms with Crippen molar-refractivity contribution in [2.45, 2.75) is 19.0 Å². The van der Waals surface area contributed by atoms with Crippen molar-refractivity contribution in [1.29, 1.82) is 0 Å². The maximum Gasteiger partial charge on any atom is 0.124 e. The van der Waals surface area contributed by atoms with Gasteiger partial charge in [-0.3, -0.25) is 4.99 Å². The van der Waals surface area contributed by atoms with E-state index in [0.29, 0.717) is 11.8 Å². The maximum atomic E-state index is 9.73. The number of quaternary nitrogens is 1. The van der Waals surface area contributed by atoms with Crippen molar-refractivity contribution >= 4 is 6.21 Å². The lowest BCUT2D eigenvalue weighted by Gasteiger charge is -2.12. The summed E-state index contributed by atoms with van der Waals surface area (Å²) in [6.45, 7) is 3.31. The van der Waals surface area contributed by atoms with Gasteiger partial charge in [-0.1, -0.05) is 42.5 Å². The minimum atomic E-state index is 0.299. The first kappa shape index (κ1) is 13.8. The monoisotopic (exact) mass is 281 g/mol. The minimum Gasteiger partial charge on any atom is -0.507 e. The SMILES string of the molecule is Oc1ccccc1C=N[C@H]1CC[NH+](Cc2ccccc2)C1. The van der Waals surface area contributed by atoms with Crippen LogP contribution in [-0.4, -0.2) is 30.5 Å². The van der Waals surface area contributed by atoms with Crippen molar-refractivity contribution in [3.05, 3.63) is 65.7 Å². The molecule has 1 fully saturated rings. The minimum absolute atomic E-state index is 0.299. The third-order valence-electron chi connectivity index (χ3n) is 4.01. The van der Waals surface area contributed by atoms with E-state index >= 15 is 0 Å². The Bertz CT molecular complexity index is 610. The number of para-hydroxylation sites is 1. The van der Waals surface area contributed by atoms with Crippen LogP contribution in [0.3, 0.4) is 0 Å². The highest BCUT2D eigenvalue weighted by Gasteiger charge is 2.25. The first-order valence-corrected chi connectivity index (χ1v) is 7.50. The molecule has 3 nitrogen and oxygen atoms in total. The lowest BCUT2D eigenvalue weighted by Crippen LogP contribution is -3.09. The summed E-state index contributed by atoms with van der Waals surface area (Å²) < 4.78 is 0. The Morgan fingerprint density at radius 2 is 1.86 bits per heavy atom. The number of phenols is 1. The average Bonchev–Trinajstić information content (AvgIpc) is 2.95. The normalized spacial score (nSPS) is 21.9. The molecule has 2 N–H and O–H groups in total. The van der Waals surface area contributed by atoms with E-state index in [4.69, 9.17) is 0 Å². The number of phenolic OH excluding ortho intramolecular Hbond substituents is 1. The van der Waals surface area contributed by atoms with Gasteiger partial charge in [0.05, 0.1) is 6.54 Å². The number of likely N-dealkylation sites (tertiary alicyclic amines) is 1. The van der Waals surface area contributed by atoms with E-state index in [-0.39, 0.29) is 0 Å². The summed E-state index contributed by atoms with van der Waals surface area (Å²) >= 11 is 0. The highest BCUT2D eigenvalue weighted by Crippen LogP contribution is 2.13. The van der Waals surface area contributed by atoms with Crippen molar-refractivity contribution < 1.29 is 10.0 Å². The standard InChI is InChI=1S/C18H20N2O/c21-18-9-5-4-8-16(18)12-19-17-10-11-20(14-17)13-15-6-2-1-3-7-15/h1-9,12,17,21H,10-11,13-14H2/p+1/t17-/m0/s1. The van der Waals surface area contributed by atoms with Gasteiger partial charge in [0, 0.05) is 23.8 Å². The van der Waals surface area contributed by atoms with E-state index in [1.54, 1.807) is 11.0 Å². The molecule has 1 unspecified atom stereocenters. The van der Waals surface area contributed by atoms with Crippen LogP contribution >= 0.6 is 0 Å². The fourth-order valence-corrected chi connectivity index (χ4v) is 2.86. The van der Waals surface area contributed by atoms with Gasteiger partial charge in [0.2, 0.25) is 0 Å². The quantitative estimate of drug-likeness (QED) is 0.822. The number of benzene rings is 2. The molecule has 2 aromatic rings. The summed E-state index contributed by atoms with van der Waals surface area (Å²) in [4.78, 5) is 6.22. The number of nitrogens with zero attached hydrogens (tertiary/aromatic N) is 1. The van der Waals surface area contributed by atoms with E-state index in [0.717, 1.165) is 31.6 Å². The summed E-state index contributed by atoms with van der Waals surface area (Å²) in [5.74, 6) is 0.299. The number of hydrogen-bond acceptors (Lipinski definition) is 2. The van der Waals surface area contributed by atoms with E-state index in [1.807, 2.05) is 24.4 Å². The second-order valence-corrected chi connectivity index (χ2v) is 5.65. The largest absolute Gasteiger partial charge is 0.507 e. The predicted octanol–water partition coefficient (Wildman–Crippen LogP) is 1.67. The van der Waals surface area contributed by atoms with Gasteiger partial charge in [0.1, 0.15) is 24.9 Å². The highest BCUT2D eigenvalue weighted by molar-refractivity contribution is 5.83. The molecule has 0 radical (unpaired) electrons. The van der Waals surface area contributed by atoms with Crippen LogP contribution in [0.4, 0.5) is 0 Å². The predicted molar refractivity (Wildman–Crippen MR) is 84.9 cm³/mol. The molecule has 3 heteroatoms. The van der Waals surface area contributed by atoms with Gasteiger partial charge in [-0.05, 0) is 12.1 Å². The molecule has 0 aromatic heterocycles. The number of aromatic hydroxyl groups is 1. The Labute approximate surface area is 125 Å². The van der Waals surface area contributed by atoms with Crippen molar-refractivity contribution in [2.75, 3.05) is 13.1 Å². The molecule has 1 heterocycles. The molecule has 108 valence electrons. The number of hydrogen-bond donors (Lipinski definition) is 2. The Morgan fingerprint density at radius 1 is 1.10 bits per heavy atom. The number of nitrogens with one attached hydrogen (secondary N) is 1. The van der Waals surface area contributed by atoms with Gasteiger partial charge in [0.25, 0.3) is 0 Å². The van der Waals surface area contributed by atoms with Gasteiger partial charge in [0.15, 0.2) is 0 Å². The molecule has 21 heavy (non-hydrogen) atoms. The molecular weight excluding hydrogens is 260 g/mol. The number of aliphatic imine (C=N–C) groups is 1. The molecule has 1 saturated heterocycles. The van der Waals surface area contributed by atoms with Gasteiger partial charge in [-0.15, -0.1) is 0 Å². The molecule has 0 spiro atoms. The van der Waals surface area contributed by atoms with E-state index in [2.05, 4.69) is 35.3 Å². The van der Waals surface area contributed by atoms with E-state index in [1.165, 1.54) is 5.56 Å². The van der Waals surface area contributed by atoms with Crippen molar-refractivity contribution in [2.24, 2.45) is 4.99 Å². The third kappa shape index (κ3) is 3.70. The highest BCUT2D eigenvalue weighted by atomic mass is 16.3. The van der Waals surface area contributed by atoms with Crippen LogP contribution < -0.4 is 4.90 Å². The Morgan fingerprint density at radius 3 is 2.67 bits per heavy atom. The smallest absolute Gasteiger partial charge is 0.124 e. The molecule has 2 atom stereocenters. The number of rotatable bonds is 4. The zero-order valence-electron chi connectivity index (χ0n) is 12.1. The zero-order valence-corrected chi connectivity index (χ0v) is 12.1. The third-order valence-corrected chi connectivity index (χ3v) is 4.01. The first-order chi connectivity index (χ1) is 10.3. The summed E-state index contributed by atoms with van der Waals surface area (Å²) in [5.41, 5.74) is 2.19. The van der Waals surface area contributed by atoms with E-state index < -0.39 is 0 Å². The van der Waals surface area contributed by atoms with Crippen LogP contribution in [0.2, 0.25) is 0 Å². The molecular formula is C18H21N2O+. The Hall–Kier alpha value is -2.13. The van der Waals surface area contributed by atoms with Gasteiger partial charge >= 0.3 is 0 Å². The van der Waals surface area contributed by atoms with Crippen molar-refractivity contribution in [3.8, 4) is 5.75 Å². The molecule has 3 rings (SSSR count). The first-order valence-electron chi connectivity index (χ1n) is 7.50. The van der Waals surface area contributed by atoms with Crippen LogP contribution in [0.5, 0.6) is 5.75 Å². The van der Waals surface area contributed by atoms with Crippen molar-refractivity contribution in [3.63, 3.8) is 0 Å². The van der Waals surface area contributed by atoms with Crippen LogP contribution in [0.25, 0.3) is 0 Å². The average molecular weight is 281 g/mol. The molecule has 1 aliphatic rings. The van der Waals surface area contributed by atoms with Crippen LogP contribution in [0.15, 0.2) is 59.6 Å². The van der Waals surface area contributed by atoms with Crippen LogP contribution in [0, 0.1) is 0 Å². The lowest BCUT2D eigenvalue weighted by atomic mass is 10.2. The summed E-state index contributed by atoms with van der Waals surface area (Å²) in [7, 11) is 0. The van der Waals surface area contributed by atoms with E-state index in [9.17, 15) is 5.11 Å². The maximum absolute atomic E-state index is 9.73. The molecule has 2 aromatic carbocycles. The fraction of sp³-hybridized carbons (Fsp3) is 0.278. The molecule has 0 bridgehead atoms. The Balaban J connectivity index is 1.56. The molecule has 0 amide bonds. The fourth-order valence-electron chi connectivity index (χ4n) is 2.86. The van der Waals surface area contributed by atoms with Gasteiger partial charge < -0.3 is 10.0 Å². The summed E-state index contributed by atoms with van der Waals surface area (Å²) in [6, 6.07) is 18.3. The van der Waals surface area contributed by atoms with Gasteiger partial charge in [-0.2, -0.15) is 0 Å². The van der Waals surface area contributed by atoms with Crippen molar-refractivity contribution in [1.82, 2.24) is 0 Å². The van der Waals surface area contributed by atoms with Gasteiger partial charge in [-0.25, -0.2) is 0 Å². The summed E-state index contributed by atoms with van der Waals surface area (Å²) in [6.07, 6.45) is 2.93. The van der Waals surface area contributed by atoms with Crippen LogP contribution in [-0.2, 0) is 6.54 Å². The topological polar surface area (TPSA) is 37.0 Å². The lowest BCUT2D eigenvalue weighted by molar-refractivity contribution is -0.901. The second kappa shape index (κ2) is 6.55. The zero-order chi connectivity index (χ0) is 14.5. The van der Waals surface area contributed by atoms with Crippen LogP contribution in [0.1, 0.15) is 17.5 Å². The molecule has 0 aliphatic carbocycles. The summed E-state index contributed by atoms with van der Waals surface area (Å²) in [5, 5.41) is 9.73. The second-order valence-electron chi connectivity index (χ2n) is 5.65.